The van der Waals surface area contributed by atoms with Crippen molar-refractivity contribution >= 4 is 38.6 Å². The first kappa shape index (κ1) is 34.0. The van der Waals surface area contributed by atoms with E-state index in [4.69, 9.17) is 0 Å². The number of hydrogen-bond acceptors (Lipinski definition) is 1. The Hall–Kier alpha value is -7.48. The molecule has 1 nitrogen and oxygen atoms in total. The molecule has 268 valence electrons. The second-order valence-corrected chi connectivity index (χ2v) is 14.5. The number of rotatable bonds is 8. The Kier molecular flexibility index (Phi) is 8.95. The highest BCUT2D eigenvalue weighted by Gasteiger charge is 2.16. The molecule has 0 aromatic heterocycles. The van der Waals surface area contributed by atoms with Crippen molar-refractivity contribution in [1.29, 1.82) is 0 Å². The monoisotopic (exact) mass is 725 g/mol. The minimum atomic E-state index is 1.10. The molecule has 0 bridgehead atoms. The first-order valence-corrected chi connectivity index (χ1v) is 19.6. The zero-order valence-electron chi connectivity index (χ0n) is 31.5. The predicted octanol–water partition coefficient (Wildman–Crippen LogP) is 15.8. The number of hydrogen-bond donors (Lipinski definition) is 0. The Labute approximate surface area is 334 Å². The summed E-state index contributed by atoms with van der Waals surface area (Å²) in [5.41, 5.74) is 15.4. The highest BCUT2D eigenvalue weighted by molar-refractivity contribution is 5.98. The molecule has 10 aromatic rings. The summed E-state index contributed by atoms with van der Waals surface area (Å²) in [6, 6.07) is 85.5. The minimum absolute atomic E-state index is 1.10. The average Bonchev–Trinajstić information content (AvgIpc) is 3.30. The van der Waals surface area contributed by atoms with Crippen LogP contribution in [0.25, 0.3) is 77.2 Å². The normalized spacial score (nSPS) is 11.2. The van der Waals surface area contributed by atoms with Gasteiger partial charge in [-0.25, -0.2) is 0 Å². The summed E-state index contributed by atoms with van der Waals surface area (Å²) in [4.78, 5) is 2.36. The van der Waals surface area contributed by atoms with Gasteiger partial charge in [-0.2, -0.15) is 0 Å². The van der Waals surface area contributed by atoms with Crippen molar-refractivity contribution in [1.82, 2.24) is 0 Å². The van der Waals surface area contributed by atoms with E-state index in [0.717, 1.165) is 17.1 Å². The summed E-state index contributed by atoms with van der Waals surface area (Å²) < 4.78 is 0. The van der Waals surface area contributed by atoms with E-state index in [1.54, 1.807) is 0 Å². The van der Waals surface area contributed by atoms with E-state index in [1.165, 1.54) is 77.2 Å². The summed E-state index contributed by atoms with van der Waals surface area (Å²) in [5, 5.41) is 5.02. The van der Waals surface area contributed by atoms with E-state index < -0.39 is 0 Å². The van der Waals surface area contributed by atoms with Gasteiger partial charge in [0.2, 0.25) is 0 Å². The second kappa shape index (κ2) is 15.0. The molecule has 0 aliphatic carbocycles. The van der Waals surface area contributed by atoms with Crippen molar-refractivity contribution in [3.63, 3.8) is 0 Å². The van der Waals surface area contributed by atoms with Gasteiger partial charge in [0.15, 0.2) is 0 Å². The summed E-state index contributed by atoms with van der Waals surface area (Å²) in [5.74, 6) is 0. The van der Waals surface area contributed by atoms with E-state index in [2.05, 4.69) is 241 Å². The molecule has 0 saturated carbocycles. The van der Waals surface area contributed by atoms with Crippen molar-refractivity contribution in [3.05, 3.63) is 237 Å². The molecule has 1 heteroatoms. The van der Waals surface area contributed by atoms with Gasteiger partial charge in [0, 0.05) is 17.1 Å². The maximum atomic E-state index is 2.36. The Morgan fingerprint density at radius 1 is 0.211 bits per heavy atom. The lowest BCUT2D eigenvalue weighted by molar-refractivity contribution is 1.28. The van der Waals surface area contributed by atoms with Crippen molar-refractivity contribution in [2.75, 3.05) is 4.90 Å². The highest BCUT2D eigenvalue weighted by Crippen LogP contribution is 2.40. The fraction of sp³-hybridized carbons (Fsp3) is 0. The minimum Gasteiger partial charge on any atom is -0.311 e. The van der Waals surface area contributed by atoms with Crippen LogP contribution in [-0.4, -0.2) is 0 Å². The van der Waals surface area contributed by atoms with Gasteiger partial charge in [0.25, 0.3) is 0 Å². The topological polar surface area (TPSA) is 3.24 Å². The van der Waals surface area contributed by atoms with Crippen LogP contribution >= 0.6 is 0 Å². The highest BCUT2D eigenvalue weighted by atomic mass is 15.1. The van der Waals surface area contributed by atoms with Crippen LogP contribution in [0.5, 0.6) is 0 Å². The lowest BCUT2D eigenvalue weighted by Crippen LogP contribution is -2.09. The standard InChI is InChI=1S/C56H39N/c1-3-13-41(14-4-1)55-38-31-47(39-56(55)44-15-5-2-6-16-44)40-25-32-48(33-26-40)57(49-34-27-45(28-35-49)53-23-11-19-42-17-7-9-21-51(42)53)50-36-29-46(30-37-50)54-24-12-20-43-18-8-10-22-52(43)54/h1-39H. The van der Waals surface area contributed by atoms with Crippen LogP contribution in [0.15, 0.2) is 237 Å². The lowest BCUT2D eigenvalue weighted by atomic mass is 9.91. The van der Waals surface area contributed by atoms with E-state index in [-0.39, 0.29) is 0 Å². The summed E-state index contributed by atoms with van der Waals surface area (Å²) in [7, 11) is 0. The molecule has 0 aliphatic rings. The molecular weight excluding hydrogens is 687 g/mol. The van der Waals surface area contributed by atoms with Gasteiger partial charge in [0.05, 0.1) is 0 Å². The maximum Gasteiger partial charge on any atom is 0.0462 e. The Morgan fingerprint density at radius 2 is 0.579 bits per heavy atom. The Morgan fingerprint density at radius 3 is 1.07 bits per heavy atom. The molecule has 10 rings (SSSR count). The molecule has 0 N–H and O–H groups in total. The van der Waals surface area contributed by atoms with E-state index in [9.17, 15) is 0 Å². The van der Waals surface area contributed by atoms with E-state index >= 15 is 0 Å². The molecule has 0 aliphatic heterocycles. The number of benzene rings is 10. The first-order valence-electron chi connectivity index (χ1n) is 19.6. The Bertz CT molecular complexity index is 2830. The summed E-state index contributed by atoms with van der Waals surface area (Å²) in [6.07, 6.45) is 0. The largest absolute Gasteiger partial charge is 0.311 e. The molecule has 10 aromatic carbocycles. The molecular formula is C56H39N. The third-order valence-electron chi connectivity index (χ3n) is 11.1. The number of anilines is 3. The molecule has 0 unspecified atom stereocenters. The van der Waals surface area contributed by atoms with Gasteiger partial charge >= 0.3 is 0 Å². The molecule has 0 amide bonds. The van der Waals surface area contributed by atoms with Gasteiger partial charge < -0.3 is 4.90 Å². The van der Waals surface area contributed by atoms with E-state index in [1.807, 2.05) is 0 Å². The zero-order chi connectivity index (χ0) is 38.0. The quantitative estimate of drug-likeness (QED) is 0.151. The van der Waals surface area contributed by atoms with Crippen LogP contribution in [-0.2, 0) is 0 Å². The predicted molar refractivity (Wildman–Crippen MR) is 243 cm³/mol. The van der Waals surface area contributed by atoms with E-state index in [0.29, 0.717) is 0 Å². The first-order chi connectivity index (χ1) is 28.3. The lowest BCUT2D eigenvalue weighted by Gasteiger charge is -2.26. The van der Waals surface area contributed by atoms with Gasteiger partial charge in [-0.15, -0.1) is 0 Å². The fourth-order valence-electron chi connectivity index (χ4n) is 8.23. The Balaban J connectivity index is 1.04. The SMILES string of the molecule is c1ccc(-c2ccc(-c3ccc(N(c4ccc(-c5cccc6ccccc56)cc4)c4ccc(-c5cccc6ccccc56)cc4)cc3)cc2-c2ccccc2)cc1. The van der Waals surface area contributed by atoms with Crippen LogP contribution in [0.3, 0.4) is 0 Å². The molecule has 0 atom stereocenters. The molecule has 0 fully saturated rings. The van der Waals surface area contributed by atoms with Gasteiger partial charge in [-0.3, -0.25) is 0 Å². The number of fused-ring (bicyclic) bond motifs is 2. The van der Waals surface area contributed by atoms with Gasteiger partial charge in [-0.05, 0) is 120 Å². The van der Waals surface area contributed by atoms with Crippen LogP contribution in [0.2, 0.25) is 0 Å². The van der Waals surface area contributed by atoms with Crippen LogP contribution in [0, 0.1) is 0 Å². The molecule has 0 radical (unpaired) electrons. The van der Waals surface area contributed by atoms with Crippen molar-refractivity contribution in [2.45, 2.75) is 0 Å². The second-order valence-electron chi connectivity index (χ2n) is 14.5. The zero-order valence-corrected chi connectivity index (χ0v) is 31.5. The van der Waals surface area contributed by atoms with Crippen molar-refractivity contribution in [3.8, 4) is 55.6 Å². The third-order valence-corrected chi connectivity index (χ3v) is 11.1. The smallest absolute Gasteiger partial charge is 0.0462 e. The van der Waals surface area contributed by atoms with Gasteiger partial charge in [-0.1, -0.05) is 194 Å². The molecule has 0 spiro atoms. The third kappa shape index (κ3) is 6.66. The maximum absolute atomic E-state index is 2.36. The van der Waals surface area contributed by atoms with Crippen LogP contribution < -0.4 is 4.90 Å². The number of nitrogens with zero attached hydrogens (tertiary/aromatic N) is 1. The van der Waals surface area contributed by atoms with Crippen LogP contribution in [0.1, 0.15) is 0 Å². The average molecular weight is 726 g/mol. The molecule has 57 heavy (non-hydrogen) atoms. The molecule has 0 heterocycles. The summed E-state index contributed by atoms with van der Waals surface area (Å²) in [6.45, 7) is 0. The summed E-state index contributed by atoms with van der Waals surface area (Å²) >= 11 is 0. The molecule has 0 saturated heterocycles. The van der Waals surface area contributed by atoms with Gasteiger partial charge in [0.1, 0.15) is 0 Å². The van der Waals surface area contributed by atoms with Crippen LogP contribution in [0.4, 0.5) is 17.1 Å². The fourth-order valence-corrected chi connectivity index (χ4v) is 8.23. The van der Waals surface area contributed by atoms with Crippen molar-refractivity contribution < 1.29 is 0 Å². The van der Waals surface area contributed by atoms with Crippen molar-refractivity contribution in [2.24, 2.45) is 0 Å².